The number of nitrogens with one attached hydrogen (secondary N) is 1. The van der Waals surface area contributed by atoms with Crippen molar-refractivity contribution >= 4 is 10.9 Å². The topological polar surface area (TPSA) is 46.2 Å². The fourth-order valence-corrected chi connectivity index (χ4v) is 2.29. The summed E-state index contributed by atoms with van der Waals surface area (Å²) in [6, 6.07) is 0.214. The second-order valence-corrected chi connectivity index (χ2v) is 4.20. The molecule has 1 fully saturated rings. The van der Waals surface area contributed by atoms with Gasteiger partial charge in [-0.15, -0.1) is 0 Å². The van der Waals surface area contributed by atoms with Gasteiger partial charge in [-0.05, 0) is 12.8 Å². The highest BCUT2D eigenvalue weighted by atomic mass is 32.2. The fraction of sp³-hybridized carbons (Fsp3) is 1.00. The molecular weight excluding hydrogens is 174 g/mol. The van der Waals surface area contributed by atoms with Crippen LogP contribution in [0.3, 0.4) is 0 Å². The van der Waals surface area contributed by atoms with Gasteiger partial charge in [-0.1, -0.05) is 32.1 Å². The lowest BCUT2D eigenvalue weighted by Crippen LogP contribution is -2.28. The summed E-state index contributed by atoms with van der Waals surface area (Å²) in [5.74, 6) is 0. The first kappa shape index (κ1) is 9.99. The SMILES string of the molecule is O=[SH](=O)NC1CCCCCCC1. The molecule has 1 rings (SSSR count). The molecule has 0 aliphatic heterocycles. The smallest absolute Gasteiger partial charge is 0.201 e. The maximum Gasteiger partial charge on any atom is 0.201 e. The third-order valence-electron chi connectivity index (χ3n) is 2.39. The van der Waals surface area contributed by atoms with E-state index < -0.39 is 10.9 Å². The minimum absolute atomic E-state index is 0.214. The van der Waals surface area contributed by atoms with E-state index in [0.29, 0.717) is 0 Å². The van der Waals surface area contributed by atoms with Crippen molar-refractivity contribution in [1.82, 2.24) is 4.72 Å². The highest BCUT2D eigenvalue weighted by molar-refractivity contribution is 7.70. The van der Waals surface area contributed by atoms with Crippen molar-refractivity contribution in [3.63, 3.8) is 0 Å². The van der Waals surface area contributed by atoms with Crippen LogP contribution in [0.2, 0.25) is 0 Å². The zero-order valence-corrected chi connectivity index (χ0v) is 8.19. The van der Waals surface area contributed by atoms with Crippen molar-refractivity contribution in [3.05, 3.63) is 0 Å². The van der Waals surface area contributed by atoms with Crippen LogP contribution in [0, 0.1) is 0 Å². The van der Waals surface area contributed by atoms with Crippen LogP contribution in [0.25, 0.3) is 0 Å². The van der Waals surface area contributed by atoms with Crippen molar-refractivity contribution in [2.45, 2.75) is 51.0 Å². The number of hydrogen-bond acceptors (Lipinski definition) is 2. The van der Waals surface area contributed by atoms with E-state index in [-0.39, 0.29) is 6.04 Å². The monoisotopic (exact) mass is 191 g/mol. The maximum atomic E-state index is 10.4. The van der Waals surface area contributed by atoms with E-state index in [1.807, 2.05) is 0 Å². The number of thiol groups is 1. The summed E-state index contributed by atoms with van der Waals surface area (Å²) in [4.78, 5) is 0. The van der Waals surface area contributed by atoms with E-state index in [2.05, 4.69) is 4.72 Å². The molecule has 72 valence electrons. The lowest BCUT2D eigenvalue weighted by Gasteiger charge is -2.17. The number of rotatable bonds is 2. The molecular formula is C8H17NO2S. The van der Waals surface area contributed by atoms with Crippen LogP contribution in [-0.4, -0.2) is 14.5 Å². The summed E-state index contributed by atoms with van der Waals surface area (Å²) >= 11 is 0. The molecule has 0 aromatic carbocycles. The van der Waals surface area contributed by atoms with E-state index in [0.717, 1.165) is 12.8 Å². The number of hydrogen-bond donors (Lipinski definition) is 2. The zero-order valence-electron chi connectivity index (χ0n) is 7.29. The fourth-order valence-electron chi connectivity index (χ4n) is 1.73. The second kappa shape index (κ2) is 5.54. The van der Waals surface area contributed by atoms with Gasteiger partial charge in [0, 0.05) is 6.04 Å². The van der Waals surface area contributed by atoms with Crippen molar-refractivity contribution < 1.29 is 8.42 Å². The van der Waals surface area contributed by atoms with Gasteiger partial charge >= 0.3 is 0 Å². The first-order valence-electron chi connectivity index (χ1n) is 4.69. The highest BCUT2D eigenvalue weighted by Crippen LogP contribution is 2.16. The molecule has 1 aliphatic rings. The van der Waals surface area contributed by atoms with Crippen LogP contribution < -0.4 is 4.72 Å². The Kier molecular flexibility index (Phi) is 4.61. The third kappa shape index (κ3) is 4.07. The van der Waals surface area contributed by atoms with E-state index >= 15 is 0 Å². The molecule has 0 amide bonds. The summed E-state index contributed by atoms with van der Waals surface area (Å²) in [5.41, 5.74) is 0. The summed E-state index contributed by atoms with van der Waals surface area (Å²) in [7, 11) is -2.39. The molecule has 0 spiro atoms. The van der Waals surface area contributed by atoms with Crippen LogP contribution in [0.1, 0.15) is 44.9 Å². The van der Waals surface area contributed by atoms with E-state index in [1.165, 1.54) is 32.1 Å². The standard InChI is InChI=1S/C8H17NO2S/c10-12(11)9-8-6-4-2-1-3-5-7-8/h8,12H,1-7H2,(H,9,10,11). The van der Waals surface area contributed by atoms with Gasteiger partial charge in [-0.3, -0.25) is 0 Å². The Hall–Kier alpha value is -0.0900. The van der Waals surface area contributed by atoms with Crippen LogP contribution in [0.15, 0.2) is 0 Å². The van der Waals surface area contributed by atoms with Crippen molar-refractivity contribution in [2.75, 3.05) is 0 Å². The second-order valence-electron chi connectivity index (χ2n) is 3.43. The Bertz CT molecular complexity index is 175. The van der Waals surface area contributed by atoms with Crippen molar-refractivity contribution in [1.29, 1.82) is 0 Å². The zero-order chi connectivity index (χ0) is 8.81. The molecule has 1 aliphatic carbocycles. The largest absolute Gasteiger partial charge is 0.216 e. The molecule has 0 unspecified atom stereocenters. The molecule has 0 radical (unpaired) electrons. The molecule has 0 saturated heterocycles. The van der Waals surface area contributed by atoms with Crippen LogP contribution in [0.5, 0.6) is 0 Å². The molecule has 1 N–H and O–H groups in total. The van der Waals surface area contributed by atoms with E-state index in [4.69, 9.17) is 0 Å². The Balaban J connectivity index is 2.29. The average molecular weight is 191 g/mol. The molecule has 0 atom stereocenters. The summed E-state index contributed by atoms with van der Waals surface area (Å²) in [5, 5.41) is 0. The van der Waals surface area contributed by atoms with E-state index in [1.54, 1.807) is 0 Å². The Morgan fingerprint density at radius 1 is 0.917 bits per heavy atom. The average Bonchev–Trinajstić information content (AvgIpc) is 1.93. The molecule has 0 aromatic rings. The lowest BCUT2D eigenvalue weighted by molar-refractivity contribution is 0.430. The predicted molar refractivity (Wildman–Crippen MR) is 49.6 cm³/mol. The van der Waals surface area contributed by atoms with Gasteiger partial charge in [-0.2, -0.15) is 0 Å². The summed E-state index contributed by atoms with van der Waals surface area (Å²) in [6.07, 6.45) is 8.20. The van der Waals surface area contributed by atoms with Crippen molar-refractivity contribution in [3.8, 4) is 0 Å². The molecule has 0 aromatic heterocycles. The van der Waals surface area contributed by atoms with Gasteiger partial charge in [0.05, 0.1) is 0 Å². The first-order valence-corrected chi connectivity index (χ1v) is 5.87. The molecule has 12 heavy (non-hydrogen) atoms. The summed E-state index contributed by atoms with van der Waals surface area (Å²) in [6.45, 7) is 0. The van der Waals surface area contributed by atoms with Crippen LogP contribution in [-0.2, 0) is 10.9 Å². The Labute approximate surface area is 75.6 Å². The summed E-state index contributed by atoms with van der Waals surface area (Å²) < 4.78 is 23.4. The predicted octanol–water partition coefficient (Wildman–Crippen LogP) is 1.22. The highest BCUT2D eigenvalue weighted by Gasteiger charge is 2.10. The van der Waals surface area contributed by atoms with E-state index in [9.17, 15) is 8.42 Å². The third-order valence-corrected chi connectivity index (χ3v) is 2.97. The van der Waals surface area contributed by atoms with Crippen LogP contribution in [0.4, 0.5) is 0 Å². The van der Waals surface area contributed by atoms with Crippen molar-refractivity contribution in [2.24, 2.45) is 0 Å². The van der Waals surface area contributed by atoms with Gasteiger partial charge in [0.25, 0.3) is 0 Å². The maximum absolute atomic E-state index is 10.4. The minimum Gasteiger partial charge on any atom is -0.216 e. The van der Waals surface area contributed by atoms with Gasteiger partial charge < -0.3 is 0 Å². The molecule has 3 nitrogen and oxygen atoms in total. The molecule has 1 saturated carbocycles. The lowest BCUT2D eigenvalue weighted by atomic mass is 9.97. The minimum atomic E-state index is -2.39. The van der Waals surface area contributed by atoms with Gasteiger partial charge in [0.15, 0.2) is 0 Å². The Morgan fingerprint density at radius 2 is 1.42 bits per heavy atom. The van der Waals surface area contributed by atoms with Crippen LogP contribution >= 0.6 is 0 Å². The molecule has 0 heterocycles. The first-order chi connectivity index (χ1) is 5.79. The Morgan fingerprint density at radius 3 is 1.92 bits per heavy atom. The van der Waals surface area contributed by atoms with Gasteiger partial charge in [-0.25, -0.2) is 13.1 Å². The molecule has 0 bridgehead atoms. The van der Waals surface area contributed by atoms with Gasteiger partial charge in [0.1, 0.15) is 0 Å². The van der Waals surface area contributed by atoms with Gasteiger partial charge in [0.2, 0.25) is 10.9 Å². The quantitative estimate of drug-likeness (QED) is 0.645. The molecule has 4 heteroatoms. The normalized spacial score (nSPS) is 22.1.